The van der Waals surface area contributed by atoms with Gasteiger partial charge in [-0.15, -0.1) is 0 Å². The average molecular weight is 1200 g/mol. The van der Waals surface area contributed by atoms with E-state index in [4.69, 9.17) is 0 Å². The Hall–Kier alpha value is -8.58. The van der Waals surface area contributed by atoms with Crippen molar-refractivity contribution in [2.24, 2.45) is 0 Å². The quantitative estimate of drug-likeness (QED) is 0.0593. The van der Waals surface area contributed by atoms with E-state index in [0.717, 1.165) is 51.4 Å². The summed E-state index contributed by atoms with van der Waals surface area (Å²) in [6.45, 7) is 29.0. The maximum atomic E-state index is 2.54. The van der Waals surface area contributed by atoms with Crippen molar-refractivity contribution in [3.05, 3.63) is 300 Å². The molecule has 0 spiro atoms. The van der Waals surface area contributed by atoms with Gasteiger partial charge in [0.05, 0.1) is 0 Å². The lowest BCUT2D eigenvalue weighted by Crippen LogP contribution is -2.45. The third-order valence-corrected chi connectivity index (χ3v) is 23.5. The number of fused-ring (bicyclic) bond motifs is 3. The van der Waals surface area contributed by atoms with Gasteiger partial charge in [-0.1, -0.05) is 351 Å². The van der Waals surface area contributed by atoms with Crippen LogP contribution in [0.15, 0.2) is 261 Å². The highest BCUT2D eigenvalue weighted by Crippen LogP contribution is 2.53. The maximum absolute atomic E-state index is 2.54. The van der Waals surface area contributed by atoms with E-state index < -0.39 is 0 Å². The van der Waals surface area contributed by atoms with Crippen LogP contribution in [0.2, 0.25) is 0 Å². The van der Waals surface area contributed by atoms with Crippen molar-refractivity contribution in [1.29, 1.82) is 0 Å². The Kier molecular flexibility index (Phi) is 18.1. The van der Waals surface area contributed by atoms with Gasteiger partial charge >= 0.3 is 0 Å². The lowest BCUT2D eigenvalue weighted by molar-refractivity contribution is 0.216. The van der Waals surface area contributed by atoms with Gasteiger partial charge in [-0.25, -0.2) is 0 Å². The summed E-state index contributed by atoms with van der Waals surface area (Å²) in [7, 11) is 0. The first-order chi connectivity index (χ1) is 44.6. The predicted molar refractivity (Wildman–Crippen MR) is 401 cm³/mol. The third-order valence-electron chi connectivity index (χ3n) is 23.5. The Morgan fingerprint density at radius 1 is 0.272 bits per heavy atom. The Morgan fingerprint density at radius 3 is 1.04 bits per heavy atom. The molecule has 12 aromatic carbocycles. The molecule has 6 unspecified atom stereocenters. The molecule has 0 aliphatic heterocycles. The van der Waals surface area contributed by atoms with Gasteiger partial charge in [-0.3, -0.25) is 0 Å². The zero-order valence-electron chi connectivity index (χ0n) is 57.1. The molecule has 464 valence electrons. The minimum atomic E-state index is -0.242. The van der Waals surface area contributed by atoms with Crippen molar-refractivity contribution in [2.45, 2.75) is 167 Å². The van der Waals surface area contributed by atoms with Crippen LogP contribution in [0.25, 0.3) is 88.0 Å². The Bertz CT molecular complexity index is 4480. The van der Waals surface area contributed by atoms with Crippen LogP contribution in [0.5, 0.6) is 0 Å². The molecule has 0 nitrogen and oxygen atoms in total. The van der Waals surface area contributed by atoms with Gasteiger partial charge in [-0.05, 0) is 177 Å². The Labute approximate surface area is 551 Å². The van der Waals surface area contributed by atoms with Crippen molar-refractivity contribution in [2.75, 3.05) is 0 Å². The highest BCUT2D eigenvalue weighted by molar-refractivity contribution is 6.21. The van der Waals surface area contributed by atoms with Crippen LogP contribution in [-0.2, 0) is 27.1 Å². The molecule has 92 heavy (non-hydrogen) atoms. The van der Waals surface area contributed by atoms with Gasteiger partial charge in [0, 0.05) is 27.1 Å². The van der Waals surface area contributed by atoms with Crippen molar-refractivity contribution in [3.63, 3.8) is 0 Å². The SMILES string of the molecule is CCCC(C)(c1ccc(-c2ccc(C(C)CC)cc2)cc1)C(C)(CCC)c1ccc(-c2ccc(C(C)(CC)C(C)(CC)c3cccc(-c4cccc(C(C)(CC)c5cccc(-c6c7ccccc7c(-c7ccc8ccccc8c7)c7ccccc67)c5)c4)c3)cc2)cc1. The minimum Gasteiger partial charge on any atom is -0.0654 e. The molecular formula is C92H96. The highest BCUT2D eigenvalue weighted by Gasteiger charge is 2.47. The molecule has 0 radical (unpaired) electrons. The zero-order chi connectivity index (χ0) is 64.4. The molecule has 0 aliphatic carbocycles. The van der Waals surface area contributed by atoms with Crippen molar-refractivity contribution in [1.82, 2.24) is 0 Å². The second-order valence-corrected chi connectivity index (χ2v) is 28.0. The summed E-state index contributed by atoms with van der Waals surface area (Å²) in [5.41, 5.74) is 21.8. The van der Waals surface area contributed by atoms with E-state index in [0.29, 0.717) is 5.92 Å². The molecule has 0 bridgehead atoms. The molecule has 0 heteroatoms. The van der Waals surface area contributed by atoms with Gasteiger partial charge in [0.15, 0.2) is 0 Å². The second kappa shape index (κ2) is 26.2. The molecule has 12 rings (SSSR count). The zero-order valence-corrected chi connectivity index (χ0v) is 57.1. The topological polar surface area (TPSA) is 0 Å². The third kappa shape index (κ3) is 11.2. The van der Waals surface area contributed by atoms with Gasteiger partial charge in [-0.2, -0.15) is 0 Å². The van der Waals surface area contributed by atoms with Crippen molar-refractivity contribution in [3.8, 4) is 55.6 Å². The number of rotatable bonds is 22. The molecule has 6 atom stereocenters. The summed E-state index contributed by atoms with van der Waals surface area (Å²) in [4.78, 5) is 0. The second-order valence-electron chi connectivity index (χ2n) is 28.0. The minimum absolute atomic E-state index is 0.0488. The summed E-state index contributed by atoms with van der Waals surface area (Å²) in [5.74, 6) is 0.580. The summed E-state index contributed by atoms with van der Waals surface area (Å²) in [5, 5.41) is 7.62. The first-order valence-corrected chi connectivity index (χ1v) is 34.8. The fraction of sp³-hybridized carbons (Fsp3) is 0.283. The summed E-state index contributed by atoms with van der Waals surface area (Å²) in [6.07, 6.45) is 8.63. The van der Waals surface area contributed by atoms with Crippen molar-refractivity contribution >= 4 is 32.3 Å². The maximum Gasteiger partial charge on any atom is 0.0172 e. The number of benzene rings is 12. The molecule has 0 aliphatic rings. The lowest BCUT2D eigenvalue weighted by atomic mass is 9.55. The van der Waals surface area contributed by atoms with Crippen LogP contribution in [-0.4, -0.2) is 0 Å². The van der Waals surface area contributed by atoms with E-state index in [1.807, 2.05) is 0 Å². The van der Waals surface area contributed by atoms with Crippen LogP contribution < -0.4 is 0 Å². The standard InChI is InChI=1S/C92H96/c1-13-58-91(11,77-54-48-68(49-55-77)67-42-40-65(41-43-67)64(7)15-3)92(12,59-14-2)78-56-50-70(51-57-78)69-46-52-76(53-47-69)89(9,17-5)90(10,18-6)81-35-26-31-73(62-81)72-30-25-33-79(61-72)88(8,16-4)80-34-27-32-74(63-80)86-82-36-21-23-38-84(82)87(85-39-24-22-37-83(85)86)75-45-44-66-28-19-20-29-71(66)60-75/h19-57,60-64H,13-18,58-59H2,1-12H3. The van der Waals surface area contributed by atoms with Gasteiger partial charge in [0.1, 0.15) is 0 Å². The number of hydrogen-bond acceptors (Lipinski definition) is 0. The smallest absolute Gasteiger partial charge is 0.0172 e. The van der Waals surface area contributed by atoms with Gasteiger partial charge < -0.3 is 0 Å². The van der Waals surface area contributed by atoms with Crippen LogP contribution in [0.4, 0.5) is 0 Å². The fourth-order valence-corrected chi connectivity index (χ4v) is 16.4. The van der Waals surface area contributed by atoms with Crippen molar-refractivity contribution < 1.29 is 0 Å². The van der Waals surface area contributed by atoms with E-state index in [9.17, 15) is 0 Å². The summed E-state index contributed by atoms with van der Waals surface area (Å²) < 4.78 is 0. The normalized spacial score (nSPS) is 15.5. The van der Waals surface area contributed by atoms with Crippen LogP contribution in [0.1, 0.15) is 179 Å². The van der Waals surface area contributed by atoms with E-state index in [1.165, 1.54) is 127 Å². The molecule has 0 fully saturated rings. The molecule has 0 N–H and O–H groups in total. The van der Waals surface area contributed by atoms with Crippen LogP contribution >= 0.6 is 0 Å². The fourth-order valence-electron chi connectivity index (χ4n) is 16.4. The summed E-state index contributed by atoms with van der Waals surface area (Å²) >= 11 is 0. The summed E-state index contributed by atoms with van der Waals surface area (Å²) in [6, 6.07) is 100. The highest BCUT2D eigenvalue weighted by atomic mass is 14.5. The monoisotopic (exact) mass is 1200 g/mol. The molecule has 0 saturated heterocycles. The molecule has 0 saturated carbocycles. The predicted octanol–water partition coefficient (Wildman–Crippen LogP) is 26.6. The van der Waals surface area contributed by atoms with E-state index in [-0.39, 0.29) is 27.1 Å². The first-order valence-electron chi connectivity index (χ1n) is 34.8. The molecule has 12 aromatic rings. The largest absolute Gasteiger partial charge is 0.0654 e. The number of hydrogen-bond donors (Lipinski definition) is 0. The molecule has 0 amide bonds. The lowest BCUT2D eigenvalue weighted by Gasteiger charge is -2.48. The molecular weight excluding hydrogens is 1110 g/mol. The van der Waals surface area contributed by atoms with Crippen LogP contribution in [0.3, 0.4) is 0 Å². The van der Waals surface area contributed by atoms with Gasteiger partial charge in [0.2, 0.25) is 0 Å². The Balaban J connectivity index is 0.810. The molecule has 0 aromatic heterocycles. The van der Waals surface area contributed by atoms with E-state index in [2.05, 4.69) is 344 Å². The van der Waals surface area contributed by atoms with Gasteiger partial charge in [0.25, 0.3) is 0 Å². The van der Waals surface area contributed by atoms with Crippen LogP contribution in [0, 0.1) is 0 Å². The average Bonchev–Trinajstić information content (AvgIpc) is 0.757. The molecule has 0 heterocycles. The first kappa shape index (κ1) is 63.6. The van der Waals surface area contributed by atoms with E-state index in [1.54, 1.807) is 0 Å². The Morgan fingerprint density at radius 2 is 0.620 bits per heavy atom. The van der Waals surface area contributed by atoms with E-state index >= 15 is 0 Å².